The fourth-order valence-electron chi connectivity index (χ4n) is 2.39. The minimum absolute atomic E-state index is 0.649. The van der Waals surface area contributed by atoms with Crippen LogP contribution in [0.3, 0.4) is 0 Å². The molecule has 1 aliphatic rings. The van der Waals surface area contributed by atoms with Gasteiger partial charge < -0.3 is 10.4 Å². The van der Waals surface area contributed by atoms with Crippen LogP contribution in [-0.4, -0.2) is 34.2 Å². The van der Waals surface area contributed by atoms with E-state index in [0.29, 0.717) is 17.5 Å². The molecule has 0 radical (unpaired) electrons. The number of hydrogen-bond acceptors (Lipinski definition) is 3. The summed E-state index contributed by atoms with van der Waals surface area (Å²) >= 11 is 1.83. The average molecular weight is 259 g/mol. The van der Waals surface area contributed by atoms with E-state index < -0.39 is 11.5 Å². The molecule has 0 amide bonds. The Balaban J connectivity index is 2.43. The van der Waals surface area contributed by atoms with Gasteiger partial charge in [0.25, 0.3) is 0 Å². The van der Waals surface area contributed by atoms with Crippen LogP contribution in [0.4, 0.5) is 0 Å². The van der Waals surface area contributed by atoms with E-state index in [0.717, 1.165) is 5.92 Å². The number of carboxylic acid groups (broad SMARTS) is 1. The van der Waals surface area contributed by atoms with Crippen LogP contribution in [0.1, 0.15) is 46.5 Å². The van der Waals surface area contributed by atoms with Crippen LogP contribution in [0.2, 0.25) is 0 Å². The molecule has 2 N–H and O–H groups in total. The van der Waals surface area contributed by atoms with Gasteiger partial charge in [-0.15, -0.1) is 0 Å². The zero-order valence-electron chi connectivity index (χ0n) is 11.2. The van der Waals surface area contributed by atoms with Crippen molar-refractivity contribution in [1.82, 2.24) is 5.32 Å². The second kappa shape index (κ2) is 6.64. The minimum Gasteiger partial charge on any atom is -0.480 e. The van der Waals surface area contributed by atoms with Crippen molar-refractivity contribution in [2.75, 3.05) is 12.3 Å². The third-order valence-corrected chi connectivity index (χ3v) is 5.18. The smallest absolute Gasteiger partial charge is 0.324 e. The molecule has 1 saturated carbocycles. The van der Waals surface area contributed by atoms with Crippen LogP contribution in [0.15, 0.2) is 0 Å². The fourth-order valence-corrected chi connectivity index (χ4v) is 3.99. The minimum atomic E-state index is -0.778. The lowest BCUT2D eigenvalue weighted by Crippen LogP contribution is -2.52. The first-order valence-electron chi connectivity index (χ1n) is 6.58. The molecule has 3 atom stereocenters. The molecule has 0 spiro atoms. The van der Waals surface area contributed by atoms with Gasteiger partial charge in [-0.1, -0.05) is 26.7 Å². The highest BCUT2D eigenvalue weighted by Crippen LogP contribution is 2.33. The first kappa shape index (κ1) is 14.8. The summed E-state index contributed by atoms with van der Waals surface area (Å²) in [4.78, 5) is 11.3. The third kappa shape index (κ3) is 4.51. The maximum atomic E-state index is 11.3. The maximum absolute atomic E-state index is 11.3. The van der Waals surface area contributed by atoms with E-state index >= 15 is 0 Å². The number of nitrogens with one attached hydrogen (secondary N) is 1. The standard InChI is InChI=1S/C13H25NO2S/c1-4-14-13(3,12(15)16)9-17-11-7-5-6-10(2)8-11/h10-11,14H,4-9H2,1-3H3,(H,15,16). The van der Waals surface area contributed by atoms with Gasteiger partial charge in [-0.2, -0.15) is 11.8 Å². The van der Waals surface area contributed by atoms with Crippen LogP contribution in [-0.2, 0) is 4.79 Å². The molecule has 0 aromatic heterocycles. The highest BCUT2D eigenvalue weighted by atomic mass is 32.2. The lowest BCUT2D eigenvalue weighted by atomic mass is 9.91. The Hall–Kier alpha value is -0.220. The predicted molar refractivity (Wildman–Crippen MR) is 73.6 cm³/mol. The summed E-state index contributed by atoms with van der Waals surface area (Å²) in [5.74, 6) is 0.722. The van der Waals surface area contributed by atoms with Gasteiger partial charge in [-0.25, -0.2) is 0 Å². The van der Waals surface area contributed by atoms with Gasteiger partial charge in [0.2, 0.25) is 0 Å². The Bertz CT molecular complexity index is 260. The van der Waals surface area contributed by atoms with Crippen molar-refractivity contribution in [2.24, 2.45) is 5.92 Å². The summed E-state index contributed by atoms with van der Waals surface area (Å²) in [5.41, 5.74) is -0.778. The predicted octanol–water partition coefficient (Wildman–Crippen LogP) is 2.75. The molecule has 4 heteroatoms. The van der Waals surface area contributed by atoms with Gasteiger partial charge in [0, 0.05) is 11.0 Å². The van der Waals surface area contributed by atoms with Gasteiger partial charge in [-0.05, 0) is 32.2 Å². The summed E-state index contributed by atoms with van der Waals surface area (Å²) in [5, 5.41) is 13.0. The Morgan fingerprint density at radius 2 is 2.24 bits per heavy atom. The van der Waals surface area contributed by atoms with Crippen molar-refractivity contribution in [3.63, 3.8) is 0 Å². The Morgan fingerprint density at radius 1 is 1.53 bits per heavy atom. The SMILES string of the molecule is CCNC(C)(CSC1CCCC(C)C1)C(=O)O. The summed E-state index contributed by atoms with van der Waals surface area (Å²) in [6.45, 7) is 6.74. The zero-order valence-corrected chi connectivity index (χ0v) is 12.0. The highest BCUT2D eigenvalue weighted by Gasteiger charge is 2.33. The maximum Gasteiger partial charge on any atom is 0.324 e. The van der Waals surface area contributed by atoms with Gasteiger partial charge >= 0.3 is 5.97 Å². The summed E-state index contributed by atoms with van der Waals surface area (Å²) in [7, 11) is 0. The molecular weight excluding hydrogens is 234 g/mol. The molecule has 0 aromatic rings. The Kier molecular flexibility index (Phi) is 5.80. The number of hydrogen-bond donors (Lipinski definition) is 2. The van der Waals surface area contributed by atoms with E-state index in [-0.39, 0.29) is 0 Å². The molecule has 3 unspecified atom stereocenters. The van der Waals surface area contributed by atoms with Gasteiger partial charge in [0.15, 0.2) is 0 Å². The van der Waals surface area contributed by atoms with E-state index in [1.807, 2.05) is 18.7 Å². The van der Waals surface area contributed by atoms with E-state index in [1.165, 1.54) is 25.7 Å². The lowest BCUT2D eigenvalue weighted by molar-refractivity contribution is -0.143. The largest absolute Gasteiger partial charge is 0.480 e. The van der Waals surface area contributed by atoms with E-state index in [1.54, 1.807) is 6.92 Å². The van der Waals surface area contributed by atoms with Crippen molar-refractivity contribution in [3.05, 3.63) is 0 Å². The van der Waals surface area contributed by atoms with Gasteiger partial charge in [0.1, 0.15) is 5.54 Å². The summed E-state index contributed by atoms with van der Waals surface area (Å²) in [6, 6.07) is 0. The Morgan fingerprint density at radius 3 is 2.76 bits per heavy atom. The first-order chi connectivity index (χ1) is 7.98. The van der Waals surface area contributed by atoms with Gasteiger partial charge in [0.05, 0.1) is 0 Å². The number of rotatable bonds is 6. The number of carboxylic acids is 1. The van der Waals surface area contributed by atoms with Crippen molar-refractivity contribution >= 4 is 17.7 Å². The Labute approximate surface area is 109 Å². The second-order valence-electron chi connectivity index (χ2n) is 5.37. The molecule has 0 saturated heterocycles. The van der Waals surface area contributed by atoms with E-state index in [4.69, 9.17) is 0 Å². The molecule has 0 aliphatic heterocycles. The van der Waals surface area contributed by atoms with Crippen molar-refractivity contribution in [2.45, 2.75) is 57.2 Å². The highest BCUT2D eigenvalue weighted by molar-refractivity contribution is 8.00. The van der Waals surface area contributed by atoms with Gasteiger partial charge in [-0.3, -0.25) is 4.79 Å². The molecule has 0 heterocycles. The average Bonchev–Trinajstić information content (AvgIpc) is 2.27. The normalized spacial score (nSPS) is 28.6. The number of thioether (sulfide) groups is 1. The second-order valence-corrected chi connectivity index (χ2v) is 6.66. The third-order valence-electron chi connectivity index (χ3n) is 3.53. The molecule has 0 aromatic carbocycles. The molecule has 0 bridgehead atoms. The number of likely N-dealkylation sites (N-methyl/N-ethyl adjacent to an activating group) is 1. The van der Waals surface area contributed by atoms with Crippen LogP contribution in [0.25, 0.3) is 0 Å². The molecule has 3 nitrogen and oxygen atoms in total. The van der Waals surface area contributed by atoms with Crippen molar-refractivity contribution in [1.29, 1.82) is 0 Å². The van der Waals surface area contributed by atoms with Crippen LogP contribution in [0.5, 0.6) is 0 Å². The van der Waals surface area contributed by atoms with E-state index in [9.17, 15) is 9.90 Å². The zero-order chi connectivity index (χ0) is 12.9. The first-order valence-corrected chi connectivity index (χ1v) is 7.63. The quantitative estimate of drug-likeness (QED) is 0.770. The number of aliphatic carboxylic acids is 1. The van der Waals surface area contributed by atoms with Crippen molar-refractivity contribution in [3.8, 4) is 0 Å². The van der Waals surface area contributed by atoms with Crippen molar-refractivity contribution < 1.29 is 9.90 Å². The summed E-state index contributed by atoms with van der Waals surface area (Å²) < 4.78 is 0. The molecule has 1 rings (SSSR count). The molecular formula is C13H25NO2S. The monoisotopic (exact) mass is 259 g/mol. The molecule has 1 aliphatic carbocycles. The molecule has 100 valence electrons. The van der Waals surface area contributed by atoms with Crippen LogP contribution in [0, 0.1) is 5.92 Å². The molecule has 1 fully saturated rings. The fraction of sp³-hybridized carbons (Fsp3) is 0.923. The molecule has 17 heavy (non-hydrogen) atoms. The van der Waals surface area contributed by atoms with Crippen LogP contribution >= 0.6 is 11.8 Å². The summed E-state index contributed by atoms with van der Waals surface area (Å²) in [6.07, 6.45) is 5.12. The lowest BCUT2D eigenvalue weighted by Gasteiger charge is -2.31. The number of carbonyl (C=O) groups is 1. The van der Waals surface area contributed by atoms with E-state index in [2.05, 4.69) is 12.2 Å². The van der Waals surface area contributed by atoms with Crippen LogP contribution < -0.4 is 5.32 Å². The topological polar surface area (TPSA) is 49.3 Å².